The first kappa shape index (κ1) is 29.3. The fourth-order valence-corrected chi connectivity index (χ4v) is 6.11. The van der Waals surface area contributed by atoms with Gasteiger partial charge in [-0.15, -0.1) is 0 Å². The van der Waals surface area contributed by atoms with Crippen LogP contribution < -0.4 is 4.90 Å². The van der Waals surface area contributed by atoms with Gasteiger partial charge in [0.05, 0.1) is 5.69 Å². The van der Waals surface area contributed by atoms with Crippen LogP contribution in [0, 0.1) is 0 Å². The number of amides is 1. The van der Waals surface area contributed by atoms with Crippen molar-refractivity contribution >= 4 is 11.6 Å². The zero-order chi connectivity index (χ0) is 28.4. The number of carbonyl (C=O) groups excluding carboxylic acids is 1. The van der Waals surface area contributed by atoms with E-state index in [-0.39, 0.29) is 11.9 Å². The van der Waals surface area contributed by atoms with E-state index in [0.29, 0.717) is 6.54 Å². The van der Waals surface area contributed by atoms with Gasteiger partial charge in [0.2, 0.25) is 0 Å². The van der Waals surface area contributed by atoms with E-state index in [0.717, 1.165) is 76.3 Å². The van der Waals surface area contributed by atoms with Gasteiger partial charge in [0.15, 0.2) is 0 Å². The number of pyridine rings is 1. The molecule has 1 aromatic heterocycles. The lowest BCUT2D eigenvalue weighted by Gasteiger charge is -2.39. The quantitative estimate of drug-likeness (QED) is 0.278. The first-order valence-electron chi connectivity index (χ1n) is 15.6. The Labute approximate surface area is 247 Å². The van der Waals surface area contributed by atoms with Crippen molar-refractivity contribution in [2.75, 3.05) is 51.2 Å². The predicted octanol–water partition coefficient (Wildman–Crippen LogP) is 5.87. The van der Waals surface area contributed by atoms with Crippen LogP contribution >= 0.6 is 0 Å². The number of unbranched alkanes of at least 4 members (excludes halogenated alkanes) is 2. The van der Waals surface area contributed by atoms with E-state index < -0.39 is 0 Å². The van der Waals surface area contributed by atoms with Crippen molar-refractivity contribution < 1.29 is 4.79 Å². The number of carbonyl (C=O) groups is 1. The molecule has 0 bridgehead atoms. The number of hydrogen-bond acceptors (Lipinski definition) is 5. The number of rotatable bonds is 11. The van der Waals surface area contributed by atoms with Crippen molar-refractivity contribution in [2.45, 2.75) is 64.6 Å². The fourth-order valence-electron chi connectivity index (χ4n) is 6.11. The Bertz CT molecular complexity index is 1200. The maximum Gasteiger partial charge on any atom is 0.254 e. The topological polar surface area (TPSA) is 42.9 Å². The Kier molecular flexibility index (Phi) is 10.4. The van der Waals surface area contributed by atoms with Crippen molar-refractivity contribution in [2.24, 2.45) is 0 Å². The third-order valence-electron chi connectivity index (χ3n) is 8.80. The van der Waals surface area contributed by atoms with Crippen LogP contribution in [0.5, 0.6) is 0 Å². The highest BCUT2D eigenvalue weighted by Crippen LogP contribution is 2.25. The van der Waals surface area contributed by atoms with Crippen LogP contribution in [-0.2, 0) is 19.5 Å². The standard InChI is InChI=1S/C35H47N5O/c1-3-4-5-8-29-10-14-31(15-11-29)35(41)40(34-18-21-38(22-19-34)28-32-9-6-7-20-36-32)27-30-12-16-33(17-13-30)39-25-23-37(2)24-26-39/h6-7,9-17,20,34H,3-5,8,18-19,21-28H2,1-2H3. The van der Waals surface area contributed by atoms with E-state index in [1.165, 1.54) is 36.1 Å². The largest absolute Gasteiger partial charge is 0.369 e. The fraction of sp³-hybridized carbons (Fsp3) is 0.486. The van der Waals surface area contributed by atoms with Gasteiger partial charge in [-0.2, -0.15) is 0 Å². The second kappa shape index (κ2) is 14.6. The highest BCUT2D eigenvalue weighted by Gasteiger charge is 2.29. The third kappa shape index (κ3) is 8.17. The molecule has 0 radical (unpaired) electrons. The summed E-state index contributed by atoms with van der Waals surface area (Å²) in [6.45, 7) is 10.0. The molecule has 218 valence electrons. The SMILES string of the molecule is CCCCCc1ccc(C(=O)N(Cc2ccc(N3CCN(C)CC3)cc2)C2CCN(Cc3ccccn3)CC2)cc1. The Balaban J connectivity index is 1.27. The minimum atomic E-state index is 0.149. The summed E-state index contributed by atoms with van der Waals surface area (Å²) in [5.41, 5.74) is 5.71. The van der Waals surface area contributed by atoms with Gasteiger partial charge in [-0.1, -0.05) is 50.1 Å². The molecule has 41 heavy (non-hydrogen) atoms. The summed E-state index contributed by atoms with van der Waals surface area (Å²) in [7, 11) is 2.19. The molecule has 2 fully saturated rings. The Morgan fingerprint density at radius 1 is 0.854 bits per heavy atom. The van der Waals surface area contributed by atoms with E-state index in [9.17, 15) is 4.79 Å². The number of aromatic nitrogens is 1. The van der Waals surface area contributed by atoms with E-state index in [2.05, 4.69) is 87.1 Å². The molecule has 1 amide bonds. The zero-order valence-corrected chi connectivity index (χ0v) is 25.0. The van der Waals surface area contributed by atoms with E-state index >= 15 is 0 Å². The van der Waals surface area contributed by atoms with Gasteiger partial charge in [-0.25, -0.2) is 0 Å². The van der Waals surface area contributed by atoms with Gasteiger partial charge in [0, 0.05) is 75.8 Å². The maximum atomic E-state index is 14.0. The van der Waals surface area contributed by atoms with Crippen molar-refractivity contribution in [3.05, 3.63) is 95.3 Å². The molecule has 2 aliphatic rings. The molecule has 0 saturated carbocycles. The lowest BCUT2D eigenvalue weighted by molar-refractivity contribution is 0.0541. The molecule has 5 rings (SSSR count). The van der Waals surface area contributed by atoms with Crippen molar-refractivity contribution in [1.82, 2.24) is 19.7 Å². The monoisotopic (exact) mass is 553 g/mol. The first-order chi connectivity index (χ1) is 20.1. The summed E-state index contributed by atoms with van der Waals surface area (Å²) in [5.74, 6) is 0.149. The lowest BCUT2D eigenvalue weighted by atomic mass is 9.99. The van der Waals surface area contributed by atoms with Crippen LogP contribution in [0.2, 0.25) is 0 Å². The van der Waals surface area contributed by atoms with Gasteiger partial charge >= 0.3 is 0 Å². The van der Waals surface area contributed by atoms with Crippen LogP contribution in [0.15, 0.2) is 72.9 Å². The van der Waals surface area contributed by atoms with E-state index in [4.69, 9.17) is 0 Å². The minimum Gasteiger partial charge on any atom is -0.369 e. The van der Waals surface area contributed by atoms with Crippen LogP contribution in [-0.4, -0.2) is 77.9 Å². The van der Waals surface area contributed by atoms with Crippen LogP contribution in [0.3, 0.4) is 0 Å². The summed E-state index contributed by atoms with van der Waals surface area (Å²) >= 11 is 0. The number of aryl methyl sites for hydroxylation is 1. The average Bonchev–Trinajstić information content (AvgIpc) is 3.02. The molecule has 0 unspecified atom stereocenters. The summed E-state index contributed by atoms with van der Waals surface area (Å²) < 4.78 is 0. The van der Waals surface area contributed by atoms with Gasteiger partial charge in [0.1, 0.15) is 0 Å². The molecule has 6 nitrogen and oxygen atoms in total. The third-order valence-corrected chi connectivity index (χ3v) is 8.80. The van der Waals surface area contributed by atoms with Gasteiger partial charge < -0.3 is 14.7 Å². The predicted molar refractivity (Wildman–Crippen MR) is 168 cm³/mol. The molecule has 2 aromatic carbocycles. The summed E-state index contributed by atoms with van der Waals surface area (Å²) in [6.07, 6.45) is 8.59. The highest BCUT2D eigenvalue weighted by molar-refractivity contribution is 5.94. The van der Waals surface area contributed by atoms with Crippen molar-refractivity contribution in [3.8, 4) is 0 Å². The number of hydrogen-bond donors (Lipinski definition) is 0. The number of likely N-dealkylation sites (tertiary alicyclic amines) is 1. The molecule has 0 N–H and O–H groups in total. The average molecular weight is 554 g/mol. The molecule has 3 aromatic rings. The maximum absolute atomic E-state index is 14.0. The number of nitrogens with zero attached hydrogens (tertiary/aromatic N) is 5. The smallest absolute Gasteiger partial charge is 0.254 e. The van der Waals surface area contributed by atoms with E-state index in [1.807, 2.05) is 24.4 Å². The molecule has 3 heterocycles. The minimum absolute atomic E-state index is 0.149. The second-order valence-electron chi connectivity index (χ2n) is 11.9. The summed E-state index contributed by atoms with van der Waals surface area (Å²) in [4.78, 5) is 28.0. The lowest BCUT2D eigenvalue weighted by Crippen LogP contribution is -2.47. The van der Waals surface area contributed by atoms with Gasteiger partial charge in [-0.3, -0.25) is 14.7 Å². The zero-order valence-electron chi connectivity index (χ0n) is 25.0. The molecule has 2 aliphatic heterocycles. The van der Waals surface area contributed by atoms with Gasteiger partial charge in [0.25, 0.3) is 5.91 Å². The summed E-state index contributed by atoms with van der Waals surface area (Å²) in [5, 5.41) is 0. The Morgan fingerprint density at radius 3 is 2.22 bits per heavy atom. The van der Waals surface area contributed by atoms with Crippen molar-refractivity contribution in [1.29, 1.82) is 0 Å². The molecular weight excluding hydrogens is 506 g/mol. The van der Waals surface area contributed by atoms with Crippen LogP contribution in [0.1, 0.15) is 66.2 Å². The van der Waals surface area contributed by atoms with Crippen molar-refractivity contribution in [3.63, 3.8) is 0 Å². The number of piperidine rings is 1. The number of likely N-dealkylation sites (N-methyl/N-ethyl adjacent to an activating group) is 1. The summed E-state index contributed by atoms with van der Waals surface area (Å²) in [6, 6.07) is 23.7. The second-order valence-corrected chi connectivity index (χ2v) is 11.9. The Hall–Kier alpha value is -3.22. The Morgan fingerprint density at radius 2 is 1.56 bits per heavy atom. The molecule has 2 saturated heterocycles. The van der Waals surface area contributed by atoms with E-state index in [1.54, 1.807) is 0 Å². The molecule has 6 heteroatoms. The molecule has 0 atom stereocenters. The van der Waals surface area contributed by atoms with Gasteiger partial charge in [-0.05, 0) is 80.3 Å². The van der Waals surface area contributed by atoms with Crippen LogP contribution in [0.25, 0.3) is 0 Å². The first-order valence-corrected chi connectivity index (χ1v) is 15.6. The number of anilines is 1. The normalized spacial score (nSPS) is 17.1. The van der Waals surface area contributed by atoms with Crippen LogP contribution in [0.4, 0.5) is 5.69 Å². The molecular formula is C35H47N5O. The molecule has 0 spiro atoms. The number of piperazine rings is 1. The molecule has 0 aliphatic carbocycles. The highest BCUT2D eigenvalue weighted by atomic mass is 16.2. The number of benzene rings is 2.